The van der Waals surface area contributed by atoms with Crippen LogP contribution in [0.15, 0.2) is 36.4 Å². The average Bonchev–Trinajstić information content (AvgIpc) is 3.07. The zero-order chi connectivity index (χ0) is 27.3. The molecule has 198 valence electrons. The number of carboxylic acids is 1. The van der Waals surface area contributed by atoms with Gasteiger partial charge >= 0.3 is 5.97 Å². The smallest absolute Gasteiger partial charge is 0.310 e. The molecule has 7 heteroatoms. The van der Waals surface area contributed by atoms with Crippen molar-refractivity contribution < 1.29 is 24.3 Å². The van der Waals surface area contributed by atoms with Crippen LogP contribution in [0.2, 0.25) is 0 Å². The molecule has 2 aromatic carbocycles. The molecular formula is C30H38N2O5. The second kappa shape index (κ2) is 11.7. The zero-order valence-electron chi connectivity index (χ0n) is 22.2. The Balaban J connectivity index is 2.30. The summed E-state index contributed by atoms with van der Waals surface area (Å²) in [5, 5.41) is 13.0. The number of Topliss-reactive ketones (excluding diaryl/α,β-unsaturated/α-hetero) is 2. The Labute approximate surface area is 218 Å². The number of hydrogen-bond acceptors (Lipinski definition) is 5. The Morgan fingerprint density at radius 3 is 2.30 bits per heavy atom. The Morgan fingerprint density at radius 1 is 1.00 bits per heavy atom. The maximum Gasteiger partial charge on any atom is 0.310 e. The molecule has 4 N–H and O–H groups in total. The highest BCUT2D eigenvalue weighted by Gasteiger charge is 2.57. The first-order valence-electron chi connectivity index (χ1n) is 13.3. The van der Waals surface area contributed by atoms with Crippen LogP contribution in [0.5, 0.6) is 0 Å². The van der Waals surface area contributed by atoms with Gasteiger partial charge in [-0.05, 0) is 41.5 Å². The number of carbonyl (C=O) groups is 4. The molecule has 1 aliphatic rings. The molecule has 0 saturated carbocycles. The topological polar surface area (TPSA) is 127 Å². The number of amides is 1. The van der Waals surface area contributed by atoms with Crippen LogP contribution in [0.4, 0.5) is 5.69 Å². The first kappa shape index (κ1) is 28.1. The van der Waals surface area contributed by atoms with Gasteiger partial charge in [-0.1, -0.05) is 83.7 Å². The quantitative estimate of drug-likeness (QED) is 0.192. The van der Waals surface area contributed by atoms with Crippen molar-refractivity contribution in [2.75, 3.05) is 5.73 Å². The van der Waals surface area contributed by atoms with E-state index in [1.807, 2.05) is 27.7 Å². The van der Waals surface area contributed by atoms with Gasteiger partial charge in [-0.15, -0.1) is 0 Å². The van der Waals surface area contributed by atoms with Crippen molar-refractivity contribution in [1.29, 1.82) is 0 Å². The van der Waals surface area contributed by atoms with Crippen molar-refractivity contribution >= 4 is 29.1 Å². The van der Waals surface area contributed by atoms with Crippen LogP contribution in [-0.2, 0) is 15.1 Å². The number of fused-ring (bicyclic) bond motifs is 1. The van der Waals surface area contributed by atoms with Crippen molar-refractivity contribution in [1.82, 2.24) is 5.32 Å². The number of anilines is 1. The SMILES string of the molecule is CCCCCC(=O)NC1(c2ccc(C(C)C)cc2C(CCCC)C(=O)O)C(=O)c2cccc(N)c2C1=O. The van der Waals surface area contributed by atoms with Crippen LogP contribution in [0.1, 0.15) is 122 Å². The van der Waals surface area contributed by atoms with Gasteiger partial charge in [0.05, 0.1) is 11.5 Å². The molecule has 0 radical (unpaired) electrons. The molecule has 0 spiro atoms. The highest BCUT2D eigenvalue weighted by molar-refractivity contribution is 6.35. The summed E-state index contributed by atoms with van der Waals surface area (Å²) in [5.74, 6) is -3.51. The molecule has 7 nitrogen and oxygen atoms in total. The second-order valence-corrected chi connectivity index (χ2v) is 10.2. The van der Waals surface area contributed by atoms with E-state index in [0.717, 1.165) is 24.8 Å². The van der Waals surface area contributed by atoms with Gasteiger partial charge in [0.2, 0.25) is 17.5 Å². The number of carboxylic acid groups (broad SMARTS) is 1. The number of rotatable bonds is 12. The summed E-state index contributed by atoms with van der Waals surface area (Å²) in [6, 6.07) is 9.92. The van der Waals surface area contributed by atoms with E-state index < -0.39 is 34.9 Å². The minimum atomic E-state index is -2.06. The predicted molar refractivity (Wildman–Crippen MR) is 144 cm³/mol. The highest BCUT2D eigenvalue weighted by Crippen LogP contribution is 2.44. The molecule has 3 rings (SSSR count). The molecular weight excluding hydrogens is 468 g/mol. The van der Waals surface area contributed by atoms with Gasteiger partial charge in [-0.3, -0.25) is 19.2 Å². The van der Waals surface area contributed by atoms with E-state index in [-0.39, 0.29) is 34.7 Å². The van der Waals surface area contributed by atoms with E-state index in [2.05, 4.69) is 5.32 Å². The third-order valence-electron chi connectivity index (χ3n) is 7.25. The van der Waals surface area contributed by atoms with Gasteiger partial charge in [0.15, 0.2) is 5.54 Å². The van der Waals surface area contributed by atoms with Crippen molar-refractivity contribution in [2.45, 2.75) is 90.0 Å². The summed E-state index contributed by atoms with van der Waals surface area (Å²) in [5.41, 5.74) is 5.93. The number of ketones is 2. The fourth-order valence-corrected chi connectivity index (χ4v) is 5.13. The van der Waals surface area contributed by atoms with Crippen LogP contribution >= 0.6 is 0 Å². The summed E-state index contributed by atoms with van der Waals surface area (Å²) in [6.45, 7) is 7.99. The molecule has 0 aliphatic heterocycles. The van der Waals surface area contributed by atoms with Crippen LogP contribution in [0.25, 0.3) is 0 Å². The average molecular weight is 507 g/mol. The molecule has 0 bridgehead atoms. The lowest BCUT2D eigenvalue weighted by atomic mass is 9.76. The minimum absolute atomic E-state index is 0.0701. The molecule has 0 heterocycles. The lowest BCUT2D eigenvalue weighted by molar-refractivity contribution is -0.139. The molecule has 0 aromatic heterocycles. The molecule has 37 heavy (non-hydrogen) atoms. The Bertz CT molecular complexity index is 1200. The number of carbonyl (C=O) groups excluding carboxylic acids is 3. The number of nitrogen functional groups attached to an aromatic ring is 1. The molecule has 2 aromatic rings. The van der Waals surface area contributed by atoms with Crippen LogP contribution in [0.3, 0.4) is 0 Å². The summed E-state index contributed by atoms with van der Waals surface area (Å²) < 4.78 is 0. The maximum atomic E-state index is 14.1. The second-order valence-electron chi connectivity index (χ2n) is 10.2. The Hall–Kier alpha value is -3.48. The van der Waals surface area contributed by atoms with Gasteiger partial charge in [0.25, 0.3) is 0 Å². The highest BCUT2D eigenvalue weighted by atomic mass is 16.4. The van der Waals surface area contributed by atoms with E-state index in [9.17, 15) is 24.3 Å². The van der Waals surface area contributed by atoms with Crippen molar-refractivity contribution in [3.8, 4) is 0 Å². The number of aliphatic carboxylic acids is 1. The van der Waals surface area contributed by atoms with E-state index in [1.165, 1.54) is 6.07 Å². The predicted octanol–water partition coefficient (Wildman–Crippen LogP) is 5.72. The normalized spacial score (nSPS) is 17.6. The number of nitrogens with one attached hydrogen (secondary N) is 1. The molecule has 2 atom stereocenters. The lowest BCUT2D eigenvalue weighted by Crippen LogP contribution is -2.54. The fraction of sp³-hybridized carbons (Fsp3) is 0.467. The summed E-state index contributed by atoms with van der Waals surface area (Å²) in [7, 11) is 0. The number of hydrogen-bond donors (Lipinski definition) is 3. The van der Waals surface area contributed by atoms with Gasteiger partial charge < -0.3 is 16.2 Å². The molecule has 0 fully saturated rings. The van der Waals surface area contributed by atoms with Crippen molar-refractivity contribution in [3.05, 3.63) is 64.2 Å². The van der Waals surface area contributed by atoms with E-state index in [0.29, 0.717) is 24.8 Å². The standard InChI is InChI=1S/C30H38N2O5/c1-5-7-9-14-25(33)32-30(27(34)21-12-10-13-24(31)26(21)28(30)35)23-16-15-19(18(3)4)17-22(23)20(29(36)37)11-8-6-2/h10,12-13,15-18,20H,5-9,11,14,31H2,1-4H3,(H,32,33)(H,36,37). The van der Waals surface area contributed by atoms with Crippen LogP contribution in [0, 0.1) is 0 Å². The van der Waals surface area contributed by atoms with Gasteiger partial charge in [-0.2, -0.15) is 0 Å². The first-order valence-corrected chi connectivity index (χ1v) is 13.3. The van der Waals surface area contributed by atoms with Crippen LogP contribution in [-0.4, -0.2) is 28.5 Å². The summed E-state index contributed by atoms with van der Waals surface area (Å²) in [6.07, 6.45) is 4.32. The molecule has 0 saturated heterocycles. The summed E-state index contributed by atoms with van der Waals surface area (Å²) in [4.78, 5) is 53.9. The monoisotopic (exact) mass is 506 g/mol. The van der Waals surface area contributed by atoms with Gasteiger partial charge in [-0.25, -0.2) is 0 Å². The van der Waals surface area contributed by atoms with Crippen molar-refractivity contribution in [3.63, 3.8) is 0 Å². The first-order chi connectivity index (χ1) is 17.6. The molecule has 1 amide bonds. The van der Waals surface area contributed by atoms with Crippen molar-refractivity contribution in [2.24, 2.45) is 0 Å². The van der Waals surface area contributed by atoms with E-state index in [4.69, 9.17) is 5.73 Å². The third kappa shape index (κ3) is 5.31. The molecule has 2 unspecified atom stereocenters. The summed E-state index contributed by atoms with van der Waals surface area (Å²) >= 11 is 0. The minimum Gasteiger partial charge on any atom is -0.481 e. The van der Waals surface area contributed by atoms with E-state index in [1.54, 1.807) is 30.3 Å². The number of unbranched alkanes of at least 4 members (excludes halogenated alkanes) is 3. The Morgan fingerprint density at radius 2 is 1.70 bits per heavy atom. The zero-order valence-corrected chi connectivity index (χ0v) is 22.2. The number of benzene rings is 2. The van der Waals surface area contributed by atoms with Gasteiger partial charge in [0, 0.05) is 17.7 Å². The fourth-order valence-electron chi connectivity index (χ4n) is 5.13. The third-order valence-corrected chi connectivity index (χ3v) is 7.25. The Kier molecular flexibility index (Phi) is 8.89. The largest absolute Gasteiger partial charge is 0.481 e. The molecule has 1 aliphatic carbocycles. The van der Waals surface area contributed by atoms with Crippen LogP contribution < -0.4 is 11.1 Å². The number of nitrogens with two attached hydrogens (primary N) is 1. The van der Waals surface area contributed by atoms with Gasteiger partial charge in [0.1, 0.15) is 0 Å². The van der Waals surface area contributed by atoms with E-state index >= 15 is 0 Å². The lowest BCUT2D eigenvalue weighted by Gasteiger charge is -2.32. The maximum absolute atomic E-state index is 14.1.